The Morgan fingerprint density at radius 1 is 1.21 bits per heavy atom. The molecule has 2 aliphatic heterocycles. The van der Waals surface area contributed by atoms with Crippen LogP contribution < -0.4 is 5.32 Å². The van der Waals surface area contributed by atoms with Gasteiger partial charge in [-0.3, -0.25) is 4.79 Å². The molecule has 0 spiro atoms. The highest BCUT2D eigenvalue weighted by Crippen LogP contribution is 2.34. The maximum Gasteiger partial charge on any atom is 0.317 e. The number of fused-ring (bicyclic) bond motifs is 1. The first-order valence-electron chi connectivity index (χ1n) is 9.12. The van der Waals surface area contributed by atoms with Crippen LogP contribution in [0.1, 0.15) is 42.7 Å². The van der Waals surface area contributed by atoms with Gasteiger partial charge in [0.25, 0.3) is 0 Å². The van der Waals surface area contributed by atoms with Crippen LogP contribution in [-0.2, 0) is 11.2 Å². The van der Waals surface area contributed by atoms with Gasteiger partial charge in [-0.2, -0.15) is 0 Å². The molecule has 0 saturated carbocycles. The normalized spacial score (nSPS) is 23.3. The molecular weight excluding hydrogens is 302 g/mol. The quantitative estimate of drug-likeness (QED) is 0.921. The summed E-state index contributed by atoms with van der Waals surface area (Å²) in [5.41, 5.74) is 2.93. The maximum atomic E-state index is 12.2. The summed E-state index contributed by atoms with van der Waals surface area (Å²) in [6, 6.07) is 8.91. The third-order valence-electron chi connectivity index (χ3n) is 5.73. The number of carbonyl (C=O) groups is 2. The fourth-order valence-electron chi connectivity index (χ4n) is 4.28. The van der Waals surface area contributed by atoms with Gasteiger partial charge in [0.2, 0.25) is 5.91 Å². The van der Waals surface area contributed by atoms with Crippen molar-refractivity contribution in [1.29, 1.82) is 0 Å². The van der Waals surface area contributed by atoms with Crippen LogP contribution in [0.25, 0.3) is 0 Å². The molecule has 5 nitrogen and oxygen atoms in total. The fraction of sp³-hybridized carbons (Fsp3) is 0.579. The van der Waals surface area contributed by atoms with Crippen LogP contribution in [0.5, 0.6) is 0 Å². The molecule has 0 bridgehead atoms. The van der Waals surface area contributed by atoms with E-state index in [0.29, 0.717) is 25.4 Å². The Kier molecular flexibility index (Phi) is 4.17. The topological polar surface area (TPSA) is 52.7 Å². The molecule has 1 aromatic carbocycles. The number of urea groups is 1. The van der Waals surface area contributed by atoms with Crippen molar-refractivity contribution >= 4 is 11.9 Å². The predicted molar refractivity (Wildman–Crippen MR) is 91.8 cm³/mol. The predicted octanol–water partition coefficient (Wildman–Crippen LogP) is 2.12. The van der Waals surface area contributed by atoms with Gasteiger partial charge in [-0.05, 0) is 42.7 Å². The third kappa shape index (κ3) is 2.87. The Bertz CT molecular complexity index is 639. The first-order valence-corrected chi connectivity index (χ1v) is 9.12. The van der Waals surface area contributed by atoms with Crippen molar-refractivity contribution in [3.8, 4) is 0 Å². The smallest absolute Gasteiger partial charge is 0.317 e. The van der Waals surface area contributed by atoms with E-state index in [0.717, 1.165) is 32.4 Å². The zero-order valence-corrected chi connectivity index (χ0v) is 14.0. The summed E-state index contributed by atoms with van der Waals surface area (Å²) in [6.07, 6.45) is 4.99. The average Bonchev–Trinajstić information content (AvgIpc) is 3.13. The minimum atomic E-state index is 0.0178. The van der Waals surface area contributed by atoms with Gasteiger partial charge in [0.15, 0.2) is 0 Å². The lowest BCUT2D eigenvalue weighted by molar-refractivity contribution is -0.132. The van der Waals surface area contributed by atoms with E-state index < -0.39 is 0 Å². The summed E-state index contributed by atoms with van der Waals surface area (Å²) >= 11 is 0. The Morgan fingerprint density at radius 3 is 2.83 bits per heavy atom. The molecule has 0 radical (unpaired) electrons. The molecule has 2 saturated heterocycles. The summed E-state index contributed by atoms with van der Waals surface area (Å²) in [5.74, 6) is 0.827. The van der Waals surface area contributed by atoms with E-state index in [1.54, 1.807) is 0 Å². The monoisotopic (exact) mass is 327 g/mol. The lowest BCUT2D eigenvalue weighted by Gasteiger charge is -2.43. The number of aryl methyl sites for hydroxylation is 1. The summed E-state index contributed by atoms with van der Waals surface area (Å²) < 4.78 is 0. The van der Waals surface area contributed by atoms with E-state index in [1.165, 1.54) is 17.5 Å². The number of nitrogens with one attached hydrogen (secondary N) is 1. The highest BCUT2D eigenvalue weighted by Gasteiger charge is 2.38. The van der Waals surface area contributed by atoms with Gasteiger partial charge >= 0.3 is 6.03 Å². The van der Waals surface area contributed by atoms with E-state index in [2.05, 4.69) is 29.6 Å². The number of rotatable bonds is 4. The van der Waals surface area contributed by atoms with Crippen molar-refractivity contribution in [1.82, 2.24) is 15.1 Å². The highest BCUT2D eigenvalue weighted by atomic mass is 16.2. The number of carbonyl (C=O) groups excluding carboxylic acids is 2. The Labute approximate surface area is 143 Å². The molecule has 1 unspecified atom stereocenters. The fourth-order valence-corrected chi connectivity index (χ4v) is 4.28. The van der Waals surface area contributed by atoms with Crippen LogP contribution in [0.15, 0.2) is 24.3 Å². The van der Waals surface area contributed by atoms with Gasteiger partial charge in [-0.25, -0.2) is 4.79 Å². The van der Waals surface area contributed by atoms with Crippen molar-refractivity contribution < 1.29 is 9.59 Å². The van der Waals surface area contributed by atoms with Gasteiger partial charge in [0.1, 0.15) is 0 Å². The van der Waals surface area contributed by atoms with Crippen molar-refractivity contribution in [2.45, 2.75) is 44.1 Å². The number of nitrogens with zero attached hydrogens (tertiary/aromatic N) is 2. The summed E-state index contributed by atoms with van der Waals surface area (Å²) in [7, 11) is 0. The molecule has 4 rings (SSSR count). The van der Waals surface area contributed by atoms with Gasteiger partial charge in [0.05, 0.1) is 6.04 Å². The second-order valence-corrected chi connectivity index (χ2v) is 7.20. The van der Waals surface area contributed by atoms with Gasteiger partial charge < -0.3 is 15.1 Å². The van der Waals surface area contributed by atoms with Crippen molar-refractivity contribution in [3.05, 3.63) is 35.4 Å². The lowest BCUT2D eigenvalue weighted by Crippen LogP contribution is -2.63. The molecule has 3 aliphatic rings. The van der Waals surface area contributed by atoms with Gasteiger partial charge in [-0.15, -0.1) is 0 Å². The van der Waals surface area contributed by atoms with E-state index in [-0.39, 0.29) is 18.0 Å². The molecule has 128 valence electrons. The van der Waals surface area contributed by atoms with Crippen molar-refractivity contribution in [3.63, 3.8) is 0 Å². The van der Waals surface area contributed by atoms with Gasteiger partial charge in [0, 0.05) is 32.6 Å². The number of hydrogen-bond acceptors (Lipinski definition) is 2. The summed E-state index contributed by atoms with van der Waals surface area (Å²) in [6.45, 7) is 2.95. The maximum absolute atomic E-state index is 12.2. The Morgan fingerprint density at radius 2 is 2.04 bits per heavy atom. The molecule has 1 aromatic rings. The SMILES string of the molecule is O=C(NCCC1CCc2ccccc21)N1CC(N2CCCC2=O)C1. The largest absolute Gasteiger partial charge is 0.338 e. The molecule has 1 aliphatic carbocycles. The van der Waals surface area contributed by atoms with Crippen LogP contribution in [-0.4, -0.2) is 54.0 Å². The van der Waals surface area contributed by atoms with Crippen LogP contribution in [0, 0.1) is 0 Å². The molecule has 3 amide bonds. The van der Waals surface area contributed by atoms with Crippen LogP contribution in [0.2, 0.25) is 0 Å². The molecule has 0 aromatic heterocycles. The zero-order chi connectivity index (χ0) is 16.5. The second kappa shape index (κ2) is 6.46. The second-order valence-electron chi connectivity index (χ2n) is 7.20. The molecule has 1 atom stereocenters. The average molecular weight is 327 g/mol. The number of hydrogen-bond donors (Lipinski definition) is 1. The van der Waals surface area contributed by atoms with Crippen molar-refractivity contribution in [2.24, 2.45) is 0 Å². The summed E-state index contributed by atoms with van der Waals surface area (Å²) in [4.78, 5) is 27.7. The van der Waals surface area contributed by atoms with Gasteiger partial charge in [-0.1, -0.05) is 24.3 Å². The molecule has 2 fully saturated rings. The van der Waals surface area contributed by atoms with E-state index >= 15 is 0 Å². The lowest BCUT2D eigenvalue weighted by atomic mass is 9.98. The first kappa shape index (κ1) is 15.5. The number of likely N-dealkylation sites (tertiary alicyclic amines) is 2. The molecular formula is C19H25N3O2. The zero-order valence-electron chi connectivity index (χ0n) is 14.0. The minimum absolute atomic E-state index is 0.0178. The molecule has 5 heteroatoms. The molecule has 1 N–H and O–H groups in total. The van der Waals surface area contributed by atoms with Crippen molar-refractivity contribution in [2.75, 3.05) is 26.2 Å². The van der Waals surface area contributed by atoms with Crippen LogP contribution >= 0.6 is 0 Å². The van der Waals surface area contributed by atoms with E-state index in [9.17, 15) is 9.59 Å². The Balaban J connectivity index is 1.19. The molecule has 24 heavy (non-hydrogen) atoms. The van der Waals surface area contributed by atoms with E-state index in [4.69, 9.17) is 0 Å². The number of amides is 3. The number of benzene rings is 1. The highest BCUT2D eigenvalue weighted by molar-refractivity contribution is 5.80. The van der Waals surface area contributed by atoms with Crippen LogP contribution in [0.3, 0.4) is 0 Å². The standard InChI is InChI=1S/C19H25N3O2/c23-18-6-3-11-22(18)16-12-21(13-16)19(24)20-10-9-15-8-7-14-4-1-2-5-17(14)15/h1-2,4-5,15-16H,3,6-13H2,(H,20,24). The Hall–Kier alpha value is -2.04. The van der Waals surface area contributed by atoms with Crippen LogP contribution in [0.4, 0.5) is 4.79 Å². The summed E-state index contributed by atoms with van der Waals surface area (Å²) in [5, 5.41) is 3.05. The third-order valence-corrected chi connectivity index (χ3v) is 5.73. The minimum Gasteiger partial charge on any atom is -0.338 e. The first-order chi connectivity index (χ1) is 11.7. The van der Waals surface area contributed by atoms with E-state index in [1.807, 2.05) is 9.80 Å². The molecule has 2 heterocycles.